The van der Waals surface area contributed by atoms with Crippen LogP contribution in [0.3, 0.4) is 0 Å². The minimum Gasteiger partial charge on any atom is -0.342 e. The van der Waals surface area contributed by atoms with Gasteiger partial charge in [0.05, 0.1) is 6.42 Å². The van der Waals surface area contributed by atoms with E-state index in [4.69, 9.17) is 0 Å². The molecule has 124 valence electrons. The molecule has 4 heteroatoms. The first kappa shape index (κ1) is 16.4. The largest absolute Gasteiger partial charge is 0.342 e. The van der Waals surface area contributed by atoms with E-state index in [1.165, 1.54) is 24.3 Å². The van der Waals surface area contributed by atoms with Gasteiger partial charge in [-0.15, -0.1) is 0 Å². The minimum atomic E-state index is -0.340. The van der Waals surface area contributed by atoms with Gasteiger partial charge >= 0.3 is 0 Å². The molecule has 1 aliphatic rings. The highest BCUT2D eigenvalue weighted by Crippen LogP contribution is 2.22. The van der Waals surface area contributed by atoms with Gasteiger partial charge in [0.1, 0.15) is 5.82 Å². The van der Waals surface area contributed by atoms with Gasteiger partial charge in [0, 0.05) is 24.6 Å². The van der Waals surface area contributed by atoms with E-state index in [1.54, 1.807) is 0 Å². The number of amides is 1. The molecule has 0 atom stereocenters. The van der Waals surface area contributed by atoms with Crippen LogP contribution in [-0.4, -0.2) is 29.7 Å². The number of carbonyl (C=O) groups excluding carboxylic acids is 2. The lowest BCUT2D eigenvalue weighted by Crippen LogP contribution is -2.41. The zero-order chi connectivity index (χ0) is 16.9. The third kappa shape index (κ3) is 3.88. The molecule has 0 spiro atoms. The number of benzene rings is 2. The number of halogens is 1. The lowest BCUT2D eigenvalue weighted by atomic mass is 9.88. The summed E-state index contributed by atoms with van der Waals surface area (Å²) in [6, 6.07) is 15.4. The first-order valence-corrected chi connectivity index (χ1v) is 8.25. The number of likely N-dealkylation sites (tertiary alicyclic amines) is 1. The van der Waals surface area contributed by atoms with E-state index in [2.05, 4.69) is 0 Å². The van der Waals surface area contributed by atoms with Gasteiger partial charge in [-0.1, -0.05) is 30.3 Å². The molecule has 0 unspecified atom stereocenters. The number of rotatable bonds is 4. The Labute approximate surface area is 141 Å². The number of ketones is 1. The molecule has 24 heavy (non-hydrogen) atoms. The van der Waals surface area contributed by atoms with Crippen LogP contribution in [0.25, 0.3) is 0 Å². The fraction of sp³-hybridized carbons (Fsp3) is 0.300. The molecule has 2 aromatic carbocycles. The highest BCUT2D eigenvalue weighted by molar-refractivity contribution is 5.98. The Kier molecular flexibility index (Phi) is 5.04. The molecule has 3 nitrogen and oxygen atoms in total. The molecule has 3 rings (SSSR count). The predicted octanol–water partition coefficient (Wildman–Crippen LogP) is 3.49. The zero-order valence-corrected chi connectivity index (χ0v) is 13.5. The summed E-state index contributed by atoms with van der Waals surface area (Å²) in [5, 5.41) is 0. The van der Waals surface area contributed by atoms with Crippen molar-refractivity contribution in [1.29, 1.82) is 0 Å². The van der Waals surface area contributed by atoms with Gasteiger partial charge in [0.25, 0.3) is 0 Å². The second kappa shape index (κ2) is 7.39. The fourth-order valence-electron chi connectivity index (χ4n) is 3.12. The van der Waals surface area contributed by atoms with Crippen molar-refractivity contribution < 1.29 is 14.0 Å². The van der Waals surface area contributed by atoms with E-state index in [0.29, 0.717) is 37.9 Å². The van der Waals surface area contributed by atoms with Crippen LogP contribution in [0.1, 0.15) is 28.8 Å². The molecule has 0 radical (unpaired) electrons. The third-order valence-corrected chi connectivity index (χ3v) is 4.55. The molecule has 0 aliphatic carbocycles. The molecule has 2 aromatic rings. The van der Waals surface area contributed by atoms with Gasteiger partial charge in [-0.2, -0.15) is 0 Å². The van der Waals surface area contributed by atoms with E-state index >= 15 is 0 Å². The van der Waals surface area contributed by atoms with Gasteiger partial charge in [0.15, 0.2) is 5.78 Å². The SMILES string of the molecule is O=C(c1ccc(F)cc1)C1CCN(C(=O)Cc2ccccc2)CC1. The third-order valence-electron chi connectivity index (χ3n) is 4.55. The van der Waals surface area contributed by atoms with Crippen molar-refractivity contribution in [1.82, 2.24) is 4.90 Å². The predicted molar refractivity (Wildman–Crippen MR) is 90.2 cm³/mol. The molecule has 0 bridgehead atoms. The molecular weight excluding hydrogens is 305 g/mol. The Bertz CT molecular complexity index is 704. The smallest absolute Gasteiger partial charge is 0.226 e. The molecular formula is C20H20FNO2. The minimum absolute atomic E-state index is 0.0464. The van der Waals surface area contributed by atoms with Gasteiger partial charge in [-0.05, 0) is 42.7 Å². The van der Waals surface area contributed by atoms with Crippen LogP contribution in [0.4, 0.5) is 4.39 Å². The summed E-state index contributed by atoms with van der Waals surface area (Å²) in [6.07, 6.45) is 1.73. The second-order valence-electron chi connectivity index (χ2n) is 6.19. The maximum absolute atomic E-state index is 13.0. The maximum Gasteiger partial charge on any atom is 0.226 e. The molecule has 0 aromatic heterocycles. The summed E-state index contributed by atoms with van der Waals surface area (Å²) >= 11 is 0. The average Bonchev–Trinajstić information content (AvgIpc) is 2.63. The van der Waals surface area contributed by atoms with Crippen LogP contribution in [0.15, 0.2) is 54.6 Å². The van der Waals surface area contributed by atoms with Crippen molar-refractivity contribution in [3.63, 3.8) is 0 Å². The molecule has 1 heterocycles. The summed E-state index contributed by atoms with van der Waals surface area (Å²) in [5.74, 6) is -0.275. The topological polar surface area (TPSA) is 37.4 Å². The number of Topliss-reactive ketones (excluding diaryl/α,β-unsaturated/α-hetero) is 1. The quantitative estimate of drug-likeness (QED) is 0.807. The van der Waals surface area contributed by atoms with Crippen molar-refractivity contribution in [3.8, 4) is 0 Å². The highest BCUT2D eigenvalue weighted by Gasteiger charge is 2.27. The first-order chi connectivity index (χ1) is 11.6. The number of carbonyl (C=O) groups is 2. The van der Waals surface area contributed by atoms with Crippen molar-refractivity contribution in [2.45, 2.75) is 19.3 Å². The first-order valence-electron chi connectivity index (χ1n) is 8.25. The Hall–Kier alpha value is -2.49. The summed E-state index contributed by atoms with van der Waals surface area (Å²) in [6.45, 7) is 1.20. The fourth-order valence-corrected chi connectivity index (χ4v) is 3.12. The van der Waals surface area contributed by atoms with Crippen LogP contribution >= 0.6 is 0 Å². The van der Waals surface area contributed by atoms with Crippen LogP contribution in [0, 0.1) is 11.7 Å². The van der Waals surface area contributed by atoms with Crippen molar-refractivity contribution in [2.24, 2.45) is 5.92 Å². The van der Waals surface area contributed by atoms with Gasteiger partial charge in [-0.25, -0.2) is 4.39 Å². The van der Waals surface area contributed by atoms with E-state index in [-0.39, 0.29) is 23.4 Å². The molecule has 0 N–H and O–H groups in total. The summed E-state index contributed by atoms with van der Waals surface area (Å²) in [4.78, 5) is 26.6. The molecule has 0 saturated carbocycles. The molecule has 1 saturated heterocycles. The lowest BCUT2D eigenvalue weighted by molar-refractivity contribution is -0.131. The maximum atomic E-state index is 13.0. The van der Waals surface area contributed by atoms with Crippen molar-refractivity contribution in [3.05, 3.63) is 71.5 Å². The van der Waals surface area contributed by atoms with E-state index in [9.17, 15) is 14.0 Å². The van der Waals surface area contributed by atoms with Crippen LogP contribution < -0.4 is 0 Å². The van der Waals surface area contributed by atoms with E-state index < -0.39 is 0 Å². The molecule has 1 amide bonds. The van der Waals surface area contributed by atoms with E-state index in [1.807, 2.05) is 35.2 Å². The normalized spacial score (nSPS) is 15.3. The average molecular weight is 325 g/mol. The standard InChI is InChI=1S/C20H20FNO2/c21-18-8-6-16(7-9-18)20(24)17-10-12-22(13-11-17)19(23)14-15-4-2-1-3-5-15/h1-9,17H,10-14H2. The number of hydrogen-bond donors (Lipinski definition) is 0. The van der Waals surface area contributed by atoms with Crippen LogP contribution in [-0.2, 0) is 11.2 Å². The summed E-state index contributed by atoms with van der Waals surface area (Å²) in [7, 11) is 0. The Morgan fingerprint density at radius 3 is 2.21 bits per heavy atom. The second-order valence-corrected chi connectivity index (χ2v) is 6.19. The van der Waals surface area contributed by atoms with Crippen molar-refractivity contribution >= 4 is 11.7 Å². The molecule has 1 aliphatic heterocycles. The van der Waals surface area contributed by atoms with Crippen LogP contribution in [0.2, 0.25) is 0 Å². The Balaban J connectivity index is 1.54. The lowest BCUT2D eigenvalue weighted by Gasteiger charge is -2.31. The van der Waals surface area contributed by atoms with E-state index in [0.717, 1.165) is 5.56 Å². The van der Waals surface area contributed by atoms with Crippen LogP contribution in [0.5, 0.6) is 0 Å². The number of nitrogens with zero attached hydrogens (tertiary/aromatic N) is 1. The van der Waals surface area contributed by atoms with Gasteiger partial charge in [0.2, 0.25) is 5.91 Å². The number of piperidine rings is 1. The monoisotopic (exact) mass is 325 g/mol. The van der Waals surface area contributed by atoms with Crippen molar-refractivity contribution in [2.75, 3.05) is 13.1 Å². The highest BCUT2D eigenvalue weighted by atomic mass is 19.1. The Morgan fingerprint density at radius 2 is 1.58 bits per heavy atom. The molecule has 1 fully saturated rings. The van der Waals surface area contributed by atoms with Gasteiger partial charge < -0.3 is 4.90 Å². The number of hydrogen-bond acceptors (Lipinski definition) is 2. The van der Waals surface area contributed by atoms with Gasteiger partial charge in [-0.3, -0.25) is 9.59 Å². The zero-order valence-electron chi connectivity index (χ0n) is 13.5. The summed E-state index contributed by atoms with van der Waals surface area (Å²) in [5.41, 5.74) is 1.55. The Morgan fingerprint density at radius 1 is 0.958 bits per heavy atom. The summed E-state index contributed by atoms with van der Waals surface area (Å²) < 4.78 is 13.0.